The summed E-state index contributed by atoms with van der Waals surface area (Å²) < 4.78 is 0. The molecular formula is C12H23N. The Kier molecular flexibility index (Phi) is 2.39. The Labute approximate surface area is 82.3 Å². The fourth-order valence-electron chi connectivity index (χ4n) is 2.89. The first-order chi connectivity index (χ1) is 6.18. The zero-order valence-corrected chi connectivity index (χ0v) is 9.16. The lowest BCUT2D eigenvalue weighted by atomic mass is 9.73. The second kappa shape index (κ2) is 3.27. The van der Waals surface area contributed by atoms with Crippen molar-refractivity contribution in [2.24, 2.45) is 10.8 Å². The lowest BCUT2D eigenvalue weighted by Gasteiger charge is -2.42. The largest absolute Gasteiger partial charge is 0.316 e. The van der Waals surface area contributed by atoms with E-state index in [0.717, 1.165) is 5.41 Å². The Balaban J connectivity index is 1.97. The van der Waals surface area contributed by atoms with Crippen LogP contribution >= 0.6 is 0 Å². The summed E-state index contributed by atoms with van der Waals surface area (Å²) in [6, 6.07) is 0. The summed E-state index contributed by atoms with van der Waals surface area (Å²) in [7, 11) is 0. The molecule has 13 heavy (non-hydrogen) atoms. The Morgan fingerprint density at radius 3 is 2.38 bits per heavy atom. The van der Waals surface area contributed by atoms with Gasteiger partial charge in [-0.3, -0.25) is 0 Å². The maximum atomic E-state index is 3.44. The van der Waals surface area contributed by atoms with Gasteiger partial charge in [-0.2, -0.15) is 0 Å². The molecule has 0 amide bonds. The van der Waals surface area contributed by atoms with Gasteiger partial charge < -0.3 is 5.32 Å². The number of hydrogen-bond donors (Lipinski definition) is 1. The van der Waals surface area contributed by atoms with Gasteiger partial charge in [-0.05, 0) is 36.5 Å². The molecule has 1 heteroatoms. The Morgan fingerprint density at radius 1 is 1.08 bits per heavy atom. The molecule has 2 fully saturated rings. The van der Waals surface area contributed by atoms with E-state index in [4.69, 9.17) is 0 Å². The highest BCUT2D eigenvalue weighted by Gasteiger charge is 2.40. The summed E-state index contributed by atoms with van der Waals surface area (Å²) in [6.45, 7) is 7.44. The molecule has 0 radical (unpaired) electrons. The molecule has 2 rings (SSSR count). The predicted octanol–water partition coefficient (Wildman–Crippen LogP) is 2.96. The van der Waals surface area contributed by atoms with E-state index in [2.05, 4.69) is 19.2 Å². The molecule has 1 saturated heterocycles. The van der Waals surface area contributed by atoms with E-state index >= 15 is 0 Å². The quantitative estimate of drug-likeness (QED) is 0.656. The maximum Gasteiger partial charge on any atom is 0.00202 e. The molecule has 1 saturated carbocycles. The Bertz CT molecular complexity index is 172. The number of rotatable bonds is 1. The predicted molar refractivity (Wildman–Crippen MR) is 56.8 cm³/mol. The summed E-state index contributed by atoms with van der Waals surface area (Å²) in [5.41, 5.74) is 1.39. The normalized spacial score (nSPS) is 38.3. The SMILES string of the molecule is CCC1(C)CCCC2(CC1)CNC2. The average Bonchev–Trinajstić information content (AvgIpc) is 2.25. The van der Waals surface area contributed by atoms with Crippen molar-refractivity contribution in [1.29, 1.82) is 0 Å². The van der Waals surface area contributed by atoms with Crippen LogP contribution in [0.2, 0.25) is 0 Å². The van der Waals surface area contributed by atoms with Crippen LogP contribution in [0, 0.1) is 10.8 Å². The average molecular weight is 181 g/mol. The van der Waals surface area contributed by atoms with Gasteiger partial charge in [-0.15, -0.1) is 0 Å². The smallest absolute Gasteiger partial charge is 0.00202 e. The van der Waals surface area contributed by atoms with Crippen LogP contribution in [0.5, 0.6) is 0 Å². The molecule has 1 aliphatic carbocycles. The minimum Gasteiger partial charge on any atom is -0.316 e. The van der Waals surface area contributed by atoms with Crippen molar-refractivity contribution in [2.75, 3.05) is 13.1 Å². The molecule has 0 aromatic heterocycles. The Hall–Kier alpha value is -0.0400. The minimum absolute atomic E-state index is 0.666. The van der Waals surface area contributed by atoms with Crippen LogP contribution in [0.15, 0.2) is 0 Å². The first-order valence-electron chi connectivity index (χ1n) is 5.89. The molecule has 2 aliphatic rings. The summed E-state index contributed by atoms with van der Waals surface area (Å²) in [5, 5.41) is 3.44. The van der Waals surface area contributed by atoms with Crippen LogP contribution in [0.4, 0.5) is 0 Å². The van der Waals surface area contributed by atoms with E-state index in [1.807, 2.05) is 0 Å². The van der Waals surface area contributed by atoms with Gasteiger partial charge in [0.25, 0.3) is 0 Å². The van der Waals surface area contributed by atoms with Gasteiger partial charge in [0, 0.05) is 13.1 Å². The van der Waals surface area contributed by atoms with Crippen LogP contribution in [-0.4, -0.2) is 13.1 Å². The van der Waals surface area contributed by atoms with Crippen LogP contribution < -0.4 is 5.32 Å². The van der Waals surface area contributed by atoms with Gasteiger partial charge in [0.1, 0.15) is 0 Å². The van der Waals surface area contributed by atoms with E-state index in [0.29, 0.717) is 5.41 Å². The van der Waals surface area contributed by atoms with Crippen LogP contribution in [0.1, 0.15) is 52.4 Å². The van der Waals surface area contributed by atoms with Crippen LogP contribution in [-0.2, 0) is 0 Å². The highest BCUT2D eigenvalue weighted by molar-refractivity contribution is 4.95. The summed E-state index contributed by atoms with van der Waals surface area (Å²) in [6.07, 6.45) is 8.72. The molecule has 0 bridgehead atoms. The molecule has 1 heterocycles. The third-order valence-corrected chi connectivity index (χ3v) is 4.60. The van der Waals surface area contributed by atoms with Gasteiger partial charge in [0.15, 0.2) is 0 Å². The van der Waals surface area contributed by atoms with E-state index < -0.39 is 0 Å². The minimum atomic E-state index is 0.666. The molecule has 1 nitrogen and oxygen atoms in total. The molecular weight excluding hydrogens is 158 g/mol. The summed E-state index contributed by atoms with van der Waals surface area (Å²) in [4.78, 5) is 0. The van der Waals surface area contributed by atoms with Crippen molar-refractivity contribution in [3.63, 3.8) is 0 Å². The van der Waals surface area contributed by atoms with Crippen molar-refractivity contribution >= 4 is 0 Å². The third kappa shape index (κ3) is 1.76. The first kappa shape index (κ1) is 9.51. The van der Waals surface area contributed by atoms with Crippen LogP contribution in [0.3, 0.4) is 0 Å². The third-order valence-electron chi connectivity index (χ3n) is 4.60. The fourth-order valence-corrected chi connectivity index (χ4v) is 2.89. The monoisotopic (exact) mass is 181 g/mol. The highest BCUT2D eigenvalue weighted by Crippen LogP contribution is 2.45. The van der Waals surface area contributed by atoms with Gasteiger partial charge >= 0.3 is 0 Å². The lowest BCUT2D eigenvalue weighted by Crippen LogP contribution is -2.53. The standard InChI is InChI=1S/C12H23N/c1-3-11(2)5-4-6-12(8-7-11)9-13-10-12/h13H,3-10H2,1-2H3. The molecule has 1 spiro atoms. The van der Waals surface area contributed by atoms with E-state index in [1.54, 1.807) is 0 Å². The second-order valence-corrected chi connectivity index (χ2v) is 5.62. The van der Waals surface area contributed by atoms with Gasteiger partial charge in [0.2, 0.25) is 0 Å². The van der Waals surface area contributed by atoms with E-state index in [9.17, 15) is 0 Å². The molecule has 1 unspecified atom stereocenters. The molecule has 0 aromatic carbocycles. The van der Waals surface area contributed by atoms with Crippen molar-refractivity contribution in [1.82, 2.24) is 5.32 Å². The highest BCUT2D eigenvalue weighted by atomic mass is 15.0. The van der Waals surface area contributed by atoms with Gasteiger partial charge in [-0.25, -0.2) is 0 Å². The molecule has 1 N–H and O–H groups in total. The second-order valence-electron chi connectivity index (χ2n) is 5.62. The zero-order valence-electron chi connectivity index (χ0n) is 9.16. The lowest BCUT2D eigenvalue weighted by molar-refractivity contribution is 0.133. The van der Waals surface area contributed by atoms with Gasteiger partial charge in [0.05, 0.1) is 0 Å². The van der Waals surface area contributed by atoms with Crippen molar-refractivity contribution in [2.45, 2.75) is 52.4 Å². The molecule has 1 aliphatic heterocycles. The van der Waals surface area contributed by atoms with E-state index in [1.165, 1.54) is 51.6 Å². The van der Waals surface area contributed by atoms with Crippen LogP contribution in [0.25, 0.3) is 0 Å². The van der Waals surface area contributed by atoms with Crippen molar-refractivity contribution in [3.05, 3.63) is 0 Å². The topological polar surface area (TPSA) is 12.0 Å². The molecule has 1 atom stereocenters. The fraction of sp³-hybridized carbons (Fsp3) is 1.00. The van der Waals surface area contributed by atoms with E-state index in [-0.39, 0.29) is 0 Å². The summed E-state index contributed by atoms with van der Waals surface area (Å²) >= 11 is 0. The zero-order chi connectivity index (χ0) is 9.36. The first-order valence-corrected chi connectivity index (χ1v) is 5.89. The summed E-state index contributed by atoms with van der Waals surface area (Å²) in [5.74, 6) is 0. The maximum absolute atomic E-state index is 3.44. The van der Waals surface area contributed by atoms with Crippen molar-refractivity contribution in [3.8, 4) is 0 Å². The molecule has 76 valence electrons. The number of hydrogen-bond acceptors (Lipinski definition) is 1. The Morgan fingerprint density at radius 2 is 1.85 bits per heavy atom. The number of nitrogens with one attached hydrogen (secondary N) is 1. The van der Waals surface area contributed by atoms with Gasteiger partial charge in [-0.1, -0.05) is 26.7 Å². The molecule has 0 aromatic rings. The van der Waals surface area contributed by atoms with Crippen molar-refractivity contribution < 1.29 is 0 Å².